The van der Waals surface area contributed by atoms with E-state index < -0.39 is 12.1 Å². The molecule has 1 aromatic carbocycles. The lowest BCUT2D eigenvalue weighted by molar-refractivity contribution is -0.147. The number of hydrogen-bond donors (Lipinski definition) is 1. The van der Waals surface area contributed by atoms with Crippen LogP contribution in [0.1, 0.15) is 17.9 Å². The molecule has 0 amide bonds. The lowest BCUT2D eigenvalue weighted by Gasteiger charge is -2.12. The third-order valence-corrected chi connectivity index (χ3v) is 2.85. The van der Waals surface area contributed by atoms with Crippen LogP contribution in [0.5, 0.6) is 5.75 Å². The maximum Gasteiger partial charge on any atom is 0.332 e. The van der Waals surface area contributed by atoms with Gasteiger partial charge in [-0.25, -0.2) is 4.79 Å². The molecule has 16 heavy (non-hydrogen) atoms. The molecule has 0 aromatic heterocycles. The second kappa shape index (κ2) is 4.53. The first-order valence-electron chi connectivity index (χ1n) is 5.19. The van der Waals surface area contributed by atoms with Crippen molar-refractivity contribution in [2.24, 2.45) is 0 Å². The highest BCUT2D eigenvalue weighted by molar-refractivity contribution is 5.72. The first-order valence-corrected chi connectivity index (χ1v) is 5.19. The molecule has 1 fully saturated rings. The zero-order chi connectivity index (χ0) is 11.5. The summed E-state index contributed by atoms with van der Waals surface area (Å²) in [6.07, 6.45) is -0.176. The largest absolute Gasteiger partial charge is 0.496 e. The van der Waals surface area contributed by atoms with Crippen LogP contribution in [0.25, 0.3) is 0 Å². The normalized spacial score (nSPS) is 24.3. The van der Waals surface area contributed by atoms with Crippen molar-refractivity contribution in [1.82, 2.24) is 0 Å². The van der Waals surface area contributed by atoms with Crippen molar-refractivity contribution >= 4 is 5.97 Å². The molecule has 1 aliphatic heterocycles. The zero-order valence-corrected chi connectivity index (χ0v) is 9.05. The Balaban J connectivity index is 2.17. The minimum atomic E-state index is -0.891. The predicted octanol–water partition coefficient (Wildman–Crippen LogP) is 1.65. The van der Waals surface area contributed by atoms with E-state index in [4.69, 9.17) is 14.6 Å². The third-order valence-electron chi connectivity index (χ3n) is 2.85. The second-order valence-corrected chi connectivity index (χ2v) is 3.83. The molecule has 0 spiro atoms. The highest BCUT2D eigenvalue weighted by Crippen LogP contribution is 2.34. The summed E-state index contributed by atoms with van der Waals surface area (Å²) < 4.78 is 10.5. The fraction of sp³-hybridized carbons (Fsp3) is 0.417. The maximum absolute atomic E-state index is 10.8. The number of benzene rings is 1. The molecule has 0 radical (unpaired) electrons. The van der Waals surface area contributed by atoms with Crippen LogP contribution in [-0.2, 0) is 9.53 Å². The van der Waals surface area contributed by atoms with Crippen molar-refractivity contribution in [2.45, 2.75) is 18.4 Å². The van der Waals surface area contributed by atoms with E-state index in [1.807, 2.05) is 24.3 Å². The molecule has 2 atom stereocenters. The highest BCUT2D eigenvalue weighted by atomic mass is 16.5. The molecule has 1 heterocycles. The first-order chi connectivity index (χ1) is 7.72. The van der Waals surface area contributed by atoms with Gasteiger partial charge in [-0.2, -0.15) is 0 Å². The summed E-state index contributed by atoms with van der Waals surface area (Å²) in [5.74, 6) is 0.0109. The molecule has 0 saturated carbocycles. The van der Waals surface area contributed by atoms with Crippen LogP contribution in [0.2, 0.25) is 0 Å². The summed E-state index contributed by atoms with van der Waals surface area (Å²) in [6, 6.07) is 7.65. The Bertz CT molecular complexity index is 388. The molecule has 1 N–H and O–H groups in total. The fourth-order valence-electron chi connectivity index (χ4n) is 2.02. The van der Waals surface area contributed by atoms with E-state index in [0.29, 0.717) is 13.0 Å². The minimum Gasteiger partial charge on any atom is -0.496 e. The van der Waals surface area contributed by atoms with Crippen molar-refractivity contribution in [1.29, 1.82) is 0 Å². The van der Waals surface area contributed by atoms with Gasteiger partial charge >= 0.3 is 5.97 Å². The lowest BCUT2D eigenvalue weighted by Crippen LogP contribution is -2.18. The van der Waals surface area contributed by atoms with Gasteiger partial charge in [0.05, 0.1) is 13.7 Å². The molecule has 1 saturated heterocycles. The van der Waals surface area contributed by atoms with Gasteiger partial charge in [-0.15, -0.1) is 0 Å². The summed E-state index contributed by atoms with van der Waals surface area (Å²) in [6.45, 7) is 0.442. The van der Waals surface area contributed by atoms with Crippen molar-refractivity contribution in [2.75, 3.05) is 13.7 Å². The van der Waals surface area contributed by atoms with Gasteiger partial charge in [0.2, 0.25) is 0 Å². The number of hydrogen-bond acceptors (Lipinski definition) is 3. The van der Waals surface area contributed by atoms with E-state index in [9.17, 15) is 4.79 Å². The maximum atomic E-state index is 10.8. The SMILES string of the molecule is COc1ccccc1C1COC(C(=O)O)C1. The molecule has 0 aliphatic carbocycles. The van der Waals surface area contributed by atoms with Crippen LogP contribution >= 0.6 is 0 Å². The van der Waals surface area contributed by atoms with E-state index in [1.54, 1.807) is 7.11 Å². The highest BCUT2D eigenvalue weighted by Gasteiger charge is 2.32. The monoisotopic (exact) mass is 222 g/mol. The number of rotatable bonds is 3. The first kappa shape index (κ1) is 11.0. The average molecular weight is 222 g/mol. The Kier molecular flexibility index (Phi) is 3.10. The summed E-state index contributed by atoms with van der Waals surface area (Å²) in [5.41, 5.74) is 1.02. The molecule has 2 unspecified atom stereocenters. The lowest BCUT2D eigenvalue weighted by atomic mass is 9.95. The van der Waals surface area contributed by atoms with Crippen molar-refractivity contribution in [3.05, 3.63) is 29.8 Å². The number of carboxylic acid groups (broad SMARTS) is 1. The van der Waals surface area contributed by atoms with Gasteiger partial charge in [-0.05, 0) is 18.1 Å². The van der Waals surface area contributed by atoms with E-state index >= 15 is 0 Å². The van der Waals surface area contributed by atoms with Gasteiger partial charge in [0.15, 0.2) is 6.10 Å². The quantitative estimate of drug-likeness (QED) is 0.844. The van der Waals surface area contributed by atoms with E-state index in [0.717, 1.165) is 11.3 Å². The second-order valence-electron chi connectivity index (χ2n) is 3.83. The van der Waals surface area contributed by atoms with E-state index in [-0.39, 0.29) is 5.92 Å². The molecular formula is C12H14O4. The fourth-order valence-corrected chi connectivity index (χ4v) is 2.02. The molecule has 1 aromatic rings. The summed E-state index contributed by atoms with van der Waals surface area (Å²) in [4.78, 5) is 10.8. The van der Waals surface area contributed by atoms with E-state index in [2.05, 4.69) is 0 Å². The van der Waals surface area contributed by atoms with Gasteiger partial charge in [0, 0.05) is 5.92 Å². The number of carbonyl (C=O) groups is 1. The van der Waals surface area contributed by atoms with Crippen molar-refractivity contribution in [3.8, 4) is 5.75 Å². The zero-order valence-electron chi connectivity index (χ0n) is 9.05. The molecule has 4 nitrogen and oxygen atoms in total. The summed E-state index contributed by atoms with van der Waals surface area (Å²) in [7, 11) is 1.61. The number of para-hydroxylation sites is 1. The Morgan fingerprint density at radius 3 is 2.88 bits per heavy atom. The number of ether oxygens (including phenoxy) is 2. The van der Waals surface area contributed by atoms with Crippen molar-refractivity contribution in [3.63, 3.8) is 0 Å². The summed E-state index contributed by atoms with van der Waals surface area (Å²) >= 11 is 0. The number of aliphatic carboxylic acids is 1. The van der Waals surface area contributed by atoms with E-state index in [1.165, 1.54) is 0 Å². The Morgan fingerprint density at radius 1 is 1.50 bits per heavy atom. The molecule has 1 aliphatic rings. The van der Waals surface area contributed by atoms with Crippen LogP contribution in [-0.4, -0.2) is 30.9 Å². The van der Waals surface area contributed by atoms with Crippen LogP contribution in [0.4, 0.5) is 0 Å². The van der Waals surface area contributed by atoms with Gasteiger partial charge < -0.3 is 14.6 Å². The van der Waals surface area contributed by atoms with Crippen LogP contribution < -0.4 is 4.74 Å². The smallest absolute Gasteiger partial charge is 0.332 e. The Hall–Kier alpha value is -1.55. The average Bonchev–Trinajstić information content (AvgIpc) is 2.78. The molecule has 86 valence electrons. The van der Waals surface area contributed by atoms with Gasteiger partial charge in [-0.3, -0.25) is 0 Å². The Labute approximate surface area is 93.8 Å². The number of carboxylic acids is 1. The topological polar surface area (TPSA) is 55.8 Å². The number of methoxy groups -OCH3 is 1. The standard InChI is InChI=1S/C12H14O4/c1-15-10-5-3-2-4-9(10)8-6-11(12(13)14)16-7-8/h2-5,8,11H,6-7H2,1H3,(H,13,14). The van der Waals surface area contributed by atoms with Gasteiger partial charge in [0.25, 0.3) is 0 Å². The minimum absolute atomic E-state index is 0.109. The van der Waals surface area contributed by atoms with Gasteiger partial charge in [-0.1, -0.05) is 18.2 Å². The summed E-state index contributed by atoms with van der Waals surface area (Å²) in [5, 5.41) is 8.85. The predicted molar refractivity (Wildman–Crippen MR) is 57.7 cm³/mol. The molecule has 4 heteroatoms. The molecule has 2 rings (SSSR count). The van der Waals surface area contributed by atoms with Crippen LogP contribution in [0, 0.1) is 0 Å². The van der Waals surface area contributed by atoms with Gasteiger partial charge in [0.1, 0.15) is 5.75 Å². The Morgan fingerprint density at radius 2 is 2.25 bits per heavy atom. The van der Waals surface area contributed by atoms with Crippen LogP contribution in [0.15, 0.2) is 24.3 Å². The molecular weight excluding hydrogens is 208 g/mol. The molecule has 0 bridgehead atoms. The van der Waals surface area contributed by atoms with Crippen LogP contribution in [0.3, 0.4) is 0 Å². The third kappa shape index (κ3) is 2.02. The van der Waals surface area contributed by atoms with Crippen molar-refractivity contribution < 1.29 is 19.4 Å².